The molecule has 104 valence electrons. The number of nitrogens with zero attached hydrogens (tertiary/aromatic N) is 2. The van der Waals surface area contributed by atoms with E-state index in [-0.39, 0.29) is 0 Å². The quantitative estimate of drug-likeness (QED) is 0.358. The Kier molecular flexibility index (Phi) is 9.08. The molecule has 0 bridgehead atoms. The monoisotopic (exact) mass is 260 g/mol. The van der Waals surface area contributed by atoms with Crippen LogP contribution in [0.3, 0.4) is 0 Å². The van der Waals surface area contributed by atoms with Crippen LogP contribution in [0.4, 0.5) is 0 Å². The fraction of sp³-hybridized carbons (Fsp3) is 1.00. The standard InChI is InChI=1S/C12H32N4Si/c1-7-8-9-10-11-12-17(6,13-15(2)3)14-16(4)5/h13-14H,7-12H2,1-6H3. The molecule has 0 heterocycles. The second-order valence-electron chi connectivity index (χ2n) is 5.51. The molecule has 0 aliphatic heterocycles. The van der Waals surface area contributed by atoms with Gasteiger partial charge in [0.2, 0.25) is 8.40 Å². The molecule has 0 atom stereocenters. The third-order valence-electron chi connectivity index (χ3n) is 2.72. The maximum Gasteiger partial charge on any atom is 0.225 e. The van der Waals surface area contributed by atoms with Gasteiger partial charge in [-0.1, -0.05) is 39.0 Å². The van der Waals surface area contributed by atoms with Gasteiger partial charge >= 0.3 is 0 Å². The molecular formula is C12H32N4Si. The molecule has 0 amide bonds. The van der Waals surface area contributed by atoms with Gasteiger partial charge in [0.15, 0.2) is 0 Å². The predicted molar refractivity (Wildman–Crippen MR) is 78.8 cm³/mol. The highest BCUT2D eigenvalue weighted by atomic mass is 28.3. The van der Waals surface area contributed by atoms with E-state index in [1.807, 2.05) is 0 Å². The van der Waals surface area contributed by atoms with Crippen molar-refractivity contribution < 1.29 is 0 Å². The molecule has 5 heteroatoms. The summed E-state index contributed by atoms with van der Waals surface area (Å²) in [6, 6.07) is 1.27. The van der Waals surface area contributed by atoms with Gasteiger partial charge in [-0.05, 0) is 12.6 Å². The molecule has 0 aliphatic carbocycles. The Morgan fingerprint density at radius 3 is 1.71 bits per heavy atom. The Hall–Kier alpha value is 0.0569. The summed E-state index contributed by atoms with van der Waals surface area (Å²) in [5, 5.41) is 11.4. The van der Waals surface area contributed by atoms with Crippen LogP contribution in [0.25, 0.3) is 0 Å². The van der Waals surface area contributed by atoms with E-state index in [1.165, 1.54) is 38.1 Å². The van der Waals surface area contributed by atoms with E-state index in [0.29, 0.717) is 0 Å². The fourth-order valence-corrected chi connectivity index (χ4v) is 5.41. The molecule has 0 aromatic heterocycles. The minimum Gasteiger partial charge on any atom is -0.261 e. The van der Waals surface area contributed by atoms with Crippen molar-refractivity contribution in [3.63, 3.8) is 0 Å². The Bertz CT molecular complexity index is 175. The van der Waals surface area contributed by atoms with E-state index < -0.39 is 8.40 Å². The van der Waals surface area contributed by atoms with Crippen molar-refractivity contribution in [3.05, 3.63) is 0 Å². The number of hydrogen-bond acceptors (Lipinski definition) is 4. The molecule has 0 fully saturated rings. The molecular weight excluding hydrogens is 228 g/mol. The maximum absolute atomic E-state index is 3.60. The molecule has 2 N–H and O–H groups in total. The largest absolute Gasteiger partial charge is 0.261 e. The average Bonchev–Trinajstić information content (AvgIpc) is 2.14. The molecule has 0 radical (unpaired) electrons. The van der Waals surface area contributed by atoms with Crippen LogP contribution >= 0.6 is 0 Å². The lowest BCUT2D eigenvalue weighted by molar-refractivity contribution is 0.313. The van der Waals surface area contributed by atoms with Crippen molar-refractivity contribution in [2.75, 3.05) is 28.2 Å². The third-order valence-corrected chi connectivity index (χ3v) is 5.96. The number of nitrogens with one attached hydrogen (secondary N) is 2. The van der Waals surface area contributed by atoms with Gasteiger partial charge in [-0.15, -0.1) is 0 Å². The van der Waals surface area contributed by atoms with Gasteiger partial charge < -0.3 is 0 Å². The lowest BCUT2D eigenvalue weighted by atomic mass is 10.2. The van der Waals surface area contributed by atoms with Gasteiger partial charge in [-0.25, -0.2) is 0 Å². The lowest BCUT2D eigenvalue weighted by Crippen LogP contribution is -2.66. The summed E-state index contributed by atoms with van der Waals surface area (Å²) >= 11 is 0. The van der Waals surface area contributed by atoms with Crippen LogP contribution < -0.4 is 10.2 Å². The van der Waals surface area contributed by atoms with Crippen molar-refractivity contribution >= 4 is 8.40 Å². The zero-order chi connectivity index (χ0) is 13.3. The highest BCUT2D eigenvalue weighted by Gasteiger charge is 2.28. The molecule has 0 aromatic carbocycles. The van der Waals surface area contributed by atoms with Gasteiger partial charge in [0.1, 0.15) is 0 Å². The first-order chi connectivity index (χ1) is 7.89. The van der Waals surface area contributed by atoms with Crippen LogP contribution in [0.15, 0.2) is 0 Å². The van der Waals surface area contributed by atoms with Crippen molar-refractivity contribution in [1.29, 1.82) is 0 Å². The summed E-state index contributed by atoms with van der Waals surface area (Å²) in [7, 11) is 6.69. The van der Waals surface area contributed by atoms with Crippen LogP contribution in [0, 0.1) is 0 Å². The van der Waals surface area contributed by atoms with E-state index in [0.717, 1.165) is 0 Å². The predicted octanol–water partition coefficient (Wildman–Crippen LogP) is 2.16. The van der Waals surface area contributed by atoms with E-state index in [4.69, 9.17) is 0 Å². The number of hydrazine groups is 2. The second-order valence-corrected chi connectivity index (χ2v) is 9.12. The Morgan fingerprint density at radius 1 is 0.824 bits per heavy atom. The van der Waals surface area contributed by atoms with Crippen LogP contribution in [0.1, 0.15) is 39.0 Å². The van der Waals surface area contributed by atoms with Gasteiger partial charge in [-0.3, -0.25) is 20.2 Å². The first kappa shape index (κ1) is 17.1. The molecule has 4 nitrogen and oxygen atoms in total. The zero-order valence-corrected chi connectivity index (χ0v) is 13.6. The minimum absolute atomic E-state index is 1.27. The number of hydrogen-bond donors (Lipinski definition) is 2. The molecule has 0 aliphatic rings. The number of rotatable bonds is 10. The normalized spacial score (nSPS) is 12.7. The molecule has 0 rings (SSSR count). The molecule has 0 spiro atoms. The first-order valence-corrected chi connectivity index (χ1v) is 9.50. The van der Waals surface area contributed by atoms with E-state index in [9.17, 15) is 0 Å². The van der Waals surface area contributed by atoms with Crippen LogP contribution in [-0.2, 0) is 0 Å². The summed E-state index contributed by atoms with van der Waals surface area (Å²) in [6.07, 6.45) is 6.76. The smallest absolute Gasteiger partial charge is 0.225 e. The van der Waals surface area contributed by atoms with Gasteiger partial charge in [0.25, 0.3) is 0 Å². The van der Waals surface area contributed by atoms with Gasteiger partial charge in [-0.2, -0.15) is 0 Å². The van der Waals surface area contributed by atoms with Crippen molar-refractivity contribution in [1.82, 2.24) is 20.2 Å². The van der Waals surface area contributed by atoms with Crippen molar-refractivity contribution in [2.45, 2.75) is 51.6 Å². The minimum atomic E-state index is -1.58. The van der Waals surface area contributed by atoms with Crippen LogP contribution in [-0.4, -0.2) is 46.6 Å². The fourth-order valence-electron chi connectivity index (χ4n) is 2.21. The number of unbranched alkanes of at least 4 members (excludes halogenated alkanes) is 4. The lowest BCUT2D eigenvalue weighted by Gasteiger charge is -2.35. The molecule has 0 aromatic rings. The van der Waals surface area contributed by atoms with Crippen LogP contribution in [0.2, 0.25) is 12.6 Å². The summed E-state index contributed by atoms with van der Waals surface area (Å²) in [5.74, 6) is 0. The van der Waals surface area contributed by atoms with E-state index >= 15 is 0 Å². The highest BCUT2D eigenvalue weighted by Crippen LogP contribution is 2.12. The summed E-state index contributed by atoms with van der Waals surface area (Å²) in [6.45, 7) is 4.62. The Morgan fingerprint density at radius 2 is 1.29 bits per heavy atom. The van der Waals surface area contributed by atoms with Crippen LogP contribution in [0.5, 0.6) is 0 Å². The molecule has 17 heavy (non-hydrogen) atoms. The Labute approximate surface area is 109 Å². The van der Waals surface area contributed by atoms with E-state index in [1.54, 1.807) is 0 Å². The van der Waals surface area contributed by atoms with Crippen molar-refractivity contribution in [3.8, 4) is 0 Å². The average molecular weight is 261 g/mol. The molecule has 0 saturated heterocycles. The Balaban J connectivity index is 4.00. The summed E-state index contributed by atoms with van der Waals surface area (Å²) in [5.41, 5.74) is 0. The summed E-state index contributed by atoms with van der Waals surface area (Å²) < 4.78 is 0. The molecule has 0 saturated carbocycles. The topological polar surface area (TPSA) is 30.5 Å². The van der Waals surface area contributed by atoms with Gasteiger partial charge in [0, 0.05) is 28.2 Å². The second kappa shape index (κ2) is 9.05. The van der Waals surface area contributed by atoms with E-state index in [2.05, 4.69) is 61.9 Å². The van der Waals surface area contributed by atoms with Crippen molar-refractivity contribution in [2.24, 2.45) is 0 Å². The SMILES string of the molecule is CCCCCCC[Si](C)(NN(C)C)NN(C)C. The summed E-state index contributed by atoms with van der Waals surface area (Å²) in [4.78, 5) is 0. The maximum atomic E-state index is 3.60. The van der Waals surface area contributed by atoms with Gasteiger partial charge in [0.05, 0.1) is 0 Å². The molecule has 0 unspecified atom stereocenters. The zero-order valence-electron chi connectivity index (χ0n) is 12.6. The first-order valence-electron chi connectivity index (χ1n) is 6.80. The third kappa shape index (κ3) is 9.73. The highest BCUT2D eigenvalue weighted by molar-refractivity contribution is 6.73.